The van der Waals surface area contributed by atoms with E-state index in [2.05, 4.69) is 26.8 Å². The summed E-state index contributed by atoms with van der Waals surface area (Å²) in [6.07, 6.45) is 2.10. The topological polar surface area (TPSA) is 54.0 Å². The fraction of sp³-hybridized carbons (Fsp3) is 0.800. The molecule has 2 aliphatic rings. The summed E-state index contributed by atoms with van der Waals surface area (Å²) >= 11 is 0. The van der Waals surface area contributed by atoms with Gasteiger partial charge in [0, 0.05) is 7.11 Å². The molecule has 2 fully saturated rings. The second-order valence-electron chi connectivity index (χ2n) is 6.85. The van der Waals surface area contributed by atoms with Crippen molar-refractivity contribution in [3.63, 3.8) is 0 Å². The van der Waals surface area contributed by atoms with Crippen molar-refractivity contribution in [1.82, 2.24) is 0 Å². The zero-order chi connectivity index (χ0) is 15.1. The molecular weight excluding hydrogens is 260 g/mol. The van der Waals surface area contributed by atoms with Crippen LogP contribution < -0.4 is 0 Å². The van der Waals surface area contributed by atoms with Crippen LogP contribution in [-0.4, -0.2) is 43.3 Å². The fourth-order valence-corrected chi connectivity index (χ4v) is 2.47. The molecule has 20 heavy (non-hydrogen) atoms. The summed E-state index contributed by atoms with van der Waals surface area (Å²) < 4.78 is 22.3. The number of ether oxygens (including phenoxy) is 4. The van der Waals surface area contributed by atoms with Crippen molar-refractivity contribution in [1.29, 1.82) is 0 Å². The molecule has 0 bridgehead atoms. The molecule has 2 rings (SSSR count). The van der Waals surface area contributed by atoms with Gasteiger partial charge in [-0.15, -0.1) is 0 Å². The van der Waals surface area contributed by atoms with Crippen LogP contribution in [0, 0.1) is 5.41 Å². The summed E-state index contributed by atoms with van der Waals surface area (Å²) in [5.41, 5.74) is 0.0323. The molecule has 0 radical (unpaired) electrons. The van der Waals surface area contributed by atoms with Crippen molar-refractivity contribution in [2.24, 2.45) is 5.41 Å². The lowest BCUT2D eigenvalue weighted by molar-refractivity contribution is -0.318. The lowest BCUT2D eigenvalue weighted by Crippen LogP contribution is -2.54. The maximum atomic E-state index is 11.8. The minimum absolute atomic E-state index is 0.0323. The predicted octanol–water partition coefficient (Wildman–Crippen LogP) is 2.05. The van der Waals surface area contributed by atoms with E-state index in [-0.39, 0.29) is 11.5 Å². The smallest absolute Gasteiger partial charge is 0.338 e. The zero-order valence-electron chi connectivity index (χ0n) is 13.0. The number of carbonyl (C=O) groups is 1. The molecule has 0 aromatic rings. The highest BCUT2D eigenvalue weighted by molar-refractivity contribution is 5.78. The molecule has 0 aliphatic carbocycles. The maximum Gasteiger partial charge on any atom is 0.338 e. The number of carbonyl (C=O) groups excluding carboxylic acids is 1. The van der Waals surface area contributed by atoms with E-state index in [4.69, 9.17) is 18.9 Å². The quantitative estimate of drug-likeness (QED) is 0.574. The van der Waals surface area contributed by atoms with Gasteiger partial charge in [0.15, 0.2) is 18.0 Å². The largest absolute Gasteiger partial charge is 0.454 e. The number of methoxy groups -OCH3 is 1. The van der Waals surface area contributed by atoms with Gasteiger partial charge in [0.05, 0.1) is 0 Å². The summed E-state index contributed by atoms with van der Waals surface area (Å²) in [7, 11) is 1.49. The number of rotatable bonds is 2. The molecule has 0 aromatic carbocycles. The van der Waals surface area contributed by atoms with E-state index in [0.29, 0.717) is 0 Å². The van der Waals surface area contributed by atoms with Crippen molar-refractivity contribution in [3.8, 4) is 0 Å². The highest BCUT2D eigenvalue weighted by atomic mass is 16.8. The van der Waals surface area contributed by atoms with Crippen LogP contribution in [-0.2, 0) is 23.7 Å². The van der Waals surface area contributed by atoms with Crippen LogP contribution in [0.4, 0.5) is 0 Å². The SMILES string of the molecule is CO[C@H]1C(=O)O[C@@H]2[C@H]1OC(C)(C)O[C@@H]2/C=C/C(C)(C)C. The summed E-state index contributed by atoms with van der Waals surface area (Å²) in [6.45, 7) is 9.96. The molecule has 0 unspecified atom stereocenters. The second kappa shape index (κ2) is 5.13. The molecule has 4 atom stereocenters. The standard InChI is InChI=1S/C15H24O5/c1-14(2,3)8-7-9-10-11(20-15(4,5)19-9)12(17-6)13(16)18-10/h7-12H,1-6H3/b8-7+/t9-,10+,11-,12-/m1/s1. The number of esters is 1. The van der Waals surface area contributed by atoms with Crippen LogP contribution in [0.1, 0.15) is 34.6 Å². The van der Waals surface area contributed by atoms with Gasteiger partial charge >= 0.3 is 5.97 Å². The summed E-state index contributed by atoms with van der Waals surface area (Å²) in [5.74, 6) is -1.17. The monoisotopic (exact) mass is 284 g/mol. The van der Waals surface area contributed by atoms with Gasteiger partial charge in [-0.3, -0.25) is 0 Å². The van der Waals surface area contributed by atoms with Crippen LogP contribution in [0.25, 0.3) is 0 Å². The summed E-state index contributed by atoms with van der Waals surface area (Å²) in [4.78, 5) is 11.8. The van der Waals surface area contributed by atoms with Crippen LogP contribution >= 0.6 is 0 Å². The first-order valence-electron chi connectivity index (χ1n) is 6.91. The van der Waals surface area contributed by atoms with E-state index < -0.39 is 30.1 Å². The van der Waals surface area contributed by atoms with Crippen LogP contribution in [0.15, 0.2) is 12.2 Å². The lowest BCUT2D eigenvalue weighted by Gasteiger charge is -2.41. The molecule has 2 saturated heterocycles. The molecule has 0 N–H and O–H groups in total. The van der Waals surface area contributed by atoms with Crippen LogP contribution in [0.5, 0.6) is 0 Å². The molecule has 5 nitrogen and oxygen atoms in total. The normalized spacial score (nSPS) is 37.0. The van der Waals surface area contributed by atoms with E-state index in [0.717, 1.165) is 0 Å². The third-order valence-electron chi connectivity index (χ3n) is 3.31. The Labute approximate surface area is 120 Å². The molecule has 2 heterocycles. The Morgan fingerprint density at radius 1 is 1.20 bits per heavy atom. The maximum absolute atomic E-state index is 11.8. The third-order valence-corrected chi connectivity index (χ3v) is 3.31. The number of fused-ring (bicyclic) bond motifs is 1. The highest BCUT2D eigenvalue weighted by Gasteiger charge is 2.55. The Bertz CT molecular complexity index is 407. The minimum Gasteiger partial charge on any atom is -0.454 e. The average molecular weight is 284 g/mol. The van der Waals surface area contributed by atoms with Crippen LogP contribution in [0.3, 0.4) is 0 Å². The van der Waals surface area contributed by atoms with Crippen molar-refractivity contribution in [3.05, 3.63) is 12.2 Å². The molecule has 0 aromatic heterocycles. The molecule has 0 spiro atoms. The lowest BCUT2D eigenvalue weighted by atomic mass is 9.94. The van der Waals surface area contributed by atoms with E-state index >= 15 is 0 Å². The van der Waals surface area contributed by atoms with Crippen molar-refractivity contribution in [2.75, 3.05) is 7.11 Å². The Morgan fingerprint density at radius 2 is 1.85 bits per heavy atom. The van der Waals surface area contributed by atoms with E-state index in [9.17, 15) is 4.79 Å². The van der Waals surface area contributed by atoms with Crippen molar-refractivity contribution in [2.45, 2.75) is 64.8 Å². The minimum atomic E-state index is -0.779. The summed E-state index contributed by atoms with van der Waals surface area (Å²) in [6, 6.07) is 0. The fourth-order valence-electron chi connectivity index (χ4n) is 2.47. The van der Waals surface area contributed by atoms with Crippen molar-refractivity contribution >= 4 is 5.97 Å². The highest BCUT2D eigenvalue weighted by Crippen LogP contribution is 2.36. The third kappa shape index (κ3) is 3.22. The molecule has 2 aliphatic heterocycles. The first kappa shape index (κ1) is 15.5. The molecule has 5 heteroatoms. The predicted molar refractivity (Wildman–Crippen MR) is 73.1 cm³/mol. The van der Waals surface area contributed by atoms with Gasteiger partial charge in [0.2, 0.25) is 0 Å². The van der Waals surface area contributed by atoms with Gasteiger partial charge in [0.1, 0.15) is 12.2 Å². The molecule has 114 valence electrons. The first-order chi connectivity index (χ1) is 9.13. The van der Waals surface area contributed by atoms with Gasteiger partial charge in [-0.2, -0.15) is 0 Å². The van der Waals surface area contributed by atoms with Gasteiger partial charge < -0.3 is 18.9 Å². The first-order valence-corrected chi connectivity index (χ1v) is 6.91. The Morgan fingerprint density at radius 3 is 2.40 bits per heavy atom. The van der Waals surface area contributed by atoms with E-state index in [1.165, 1.54) is 7.11 Å². The zero-order valence-corrected chi connectivity index (χ0v) is 13.0. The molecular formula is C15H24O5. The van der Waals surface area contributed by atoms with Gasteiger partial charge in [-0.05, 0) is 19.3 Å². The Kier molecular flexibility index (Phi) is 3.97. The van der Waals surface area contributed by atoms with E-state index in [1.54, 1.807) is 0 Å². The van der Waals surface area contributed by atoms with Gasteiger partial charge in [-0.25, -0.2) is 4.79 Å². The average Bonchev–Trinajstić information content (AvgIpc) is 2.59. The number of allylic oxidation sites excluding steroid dienone is 1. The summed E-state index contributed by atoms with van der Waals surface area (Å²) in [5, 5.41) is 0. The second-order valence-corrected chi connectivity index (χ2v) is 6.85. The van der Waals surface area contributed by atoms with Gasteiger partial charge in [0.25, 0.3) is 0 Å². The van der Waals surface area contributed by atoms with Crippen LogP contribution in [0.2, 0.25) is 0 Å². The Balaban J connectivity index is 2.24. The Hall–Kier alpha value is -0.910. The van der Waals surface area contributed by atoms with Crippen molar-refractivity contribution < 1.29 is 23.7 Å². The van der Waals surface area contributed by atoms with Gasteiger partial charge in [-0.1, -0.05) is 32.9 Å². The molecule has 0 amide bonds. The number of hydrogen-bond donors (Lipinski definition) is 0. The number of hydrogen-bond acceptors (Lipinski definition) is 5. The molecule has 0 saturated carbocycles. The van der Waals surface area contributed by atoms with E-state index in [1.807, 2.05) is 19.9 Å².